The molecule has 33 heavy (non-hydrogen) atoms. The van der Waals surface area contributed by atoms with Gasteiger partial charge in [0.2, 0.25) is 0 Å². The quantitative estimate of drug-likeness (QED) is 0.472. The number of piperazine rings is 1. The number of anilines is 1. The van der Waals surface area contributed by atoms with Gasteiger partial charge in [-0.1, -0.05) is 19.1 Å². The Balaban J connectivity index is 1.72. The molecule has 0 amide bonds. The summed E-state index contributed by atoms with van der Waals surface area (Å²) in [4.78, 5) is 27.0. The molecule has 0 bridgehead atoms. The molecule has 1 saturated heterocycles. The van der Waals surface area contributed by atoms with E-state index in [0.29, 0.717) is 61.9 Å². The van der Waals surface area contributed by atoms with Gasteiger partial charge in [-0.2, -0.15) is 0 Å². The van der Waals surface area contributed by atoms with Crippen molar-refractivity contribution in [1.29, 1.82) is 0 Å². The van der Waals surface area contributed by atoms with Gasteiger partial charge in [0.25, 0.3) is 5.56 Å². The largest absolute Gasteiger partial charge is 0.508 e. The van der Waals surface area contributed by atoms with Crippen molar-refractivity contribution in [2.45, 2.75) is 19.9 Å². The zero-order valence-electron chi connectivity index (χ0n) is 19.0. The number of aromatic hydroxyl groups is 1. The molecule has 9 nitrogen and oxygen atoms in total. The summed E-state index contributed by atoms with van der Waals surface area (Å²) in [5.41, 5.74) is 2.61. The predicted molar refractivity (Wildman–Crippen MR) is 128 cm³/mol. The zero-order valence-corrected chi connectivity index (χ0v) is 19.0. The van der Waals surface area contributed by atoms with Gasteiger partial charge in [0.1, 0.15) is 11.3 Å². The van der Waals surface area contributed by atoms with Crippen LogP contribution in [0.3, 0.4) is 0 Å². The van der Waals surface area contributed by atoms with Crippen LogP contribution in [0.25, 0.3) is 22.3 Å². The van der Waals surface area contributed by atoms with E-state index in [0.717, 1.165) is 25.1 Å². The standard InChI is InChI=1S/C24H31N5O4/c1-2-13-33-14-11-29-22-16-20(18-4-3-5-19(31)15-18)25-17-21(22)26-23(24(29)32)28-8-6-27(7-9-28)10-12-30/h3-5,15-17,30-31H,2,6-14H2,1H3. The molecule has 0 aliphatic carbocycles. The summed E-state index contributed by atoms with van der Waals surface area (Å²) in [5.74, 6) is 0.585. The molecular formula is C24H31N5O4. The van der Waals surface area contributed by atoms with Crippen molar-refractivity contribution in [3.8, 4) is 17.0 Å². The third-order valence-electron chi connectivity index (χ3n) is 5.85. The van der Waals surface area contributed by atoms with Gasteiger partial charge >= 0.3 is 0 Å². The van der Waals surface area contributed by atoms with Gasteiger partial charge < -0.3 is 24.4 Å². The smallest absolute Gasteiger partial charge is 0.294 e. The minimum Gasteiger partial charge on any atom is -0.508 e. The lowest BCUT2D eigenvalue weighted by molar-refractivity contribution is 0.127. The molecule has 176 valence electrons. The number of phenols is 1. The zero-order chi connectivity index (χ0) is 23.2. The fourth-order valence-electron chi connectivity index (χ4n) is 4.11. The number of fused-ring (bicyclic) bond motifs is 1. The van der Waals surface area contributed by atoms with Crippen molar-refractivity contribution in [3.63, 3.8) is 0 Å². The second kappa shape index (κ2) is 10.7. The second-order valence-electron chi connectivity index (χ2n) is 8.17. The topological polar surface area (TPSA) is 104 Å². The van der Waals surface area contributed by atoms with Gasteiger partial charge in [0.05, 0.1) is 30.6 Å². The highest BCUT2D eigenvalue weighted by molar-refractivity contribution is 5.80. The van der Waals surface area contributed by atoms with Crippen LogP contribution < -0.4 is 10.5 Å². The third kappa shape index (κ3) is 5.32. The number of phenolic OH excluding ortho intramolecular Hbond substituents is 1. The molecule has 1 aromatic carbocycles. The summed E-state index contributed by atoms with van der Waals surface area (Å²) in [6.07, 6.45) is 2.60. The number of pyridine rings is 1. The summed E-state index contributed by atoms with van der Waals surface area (Å²) < 4.78 is 7.40. The molecule has 1 aliphatic rings. The first-order chi connectivity index (χ1) is 16.1. The van der Waals surface area contributed by atoms with E-state index >= 15 is 0 Å². The number of aromatic nitrogens is 3. The van der Waals surface area contributed by atoms with Gasteiger partial charge in [-0.3, -0.25) is 14.7 Å². The minimum atomic E-state index is -0.147. The fourth-order valence-corrected chi connectivity index (χ4v) is 4.11. The molecule has 3 aromatic rings. The summed E-state index contributed by atoms with van der Waals surface area (Å²) in [5, 5.41) is 19.0. The lowest BCUT2D eigenvalue weighted by Gasteiger charge is -2.34. The van der Waals surface area contributed by atoms with Gasteiger partial charge in [-0.05, 0) is 24.6 Å². The summed E-state index contributed by atoms with van der Waals surface area (Å²) >= 11 is 0. The molecule has 0 saturated carbocycles. The van der Waals surface area contributed by atoms with Crippen LogP contribution in [0.2, 0.25) is 0 Å². The second-order valence-corrected chi connectivity index (χ2v) is 8.17. The van der Waals surface area contributed by atoms with Crippen molar-refractivity contribution >= 4 is 16.9 Å². The highest BCUT2D eigenvalue weighted by atomic mass is 16.5. The average molecular weight is 454 g/mol. The first-order valence-electron chi connectivity index (χ1n) is 11.5. The van der Waals surface area contributed by atoms with Crippen LogP contribution in [0.5, 0.6) is 5.75 Å². The third-order valence-corrected chi connectivity index (χ3v) is 5.85. The van der Waals surface area contributed by atoms with Crippen molar-refractivity contribution in [3.05, 3.63) is 46.9 Å². The highest BCUT2D eigenvalue weighted by Crippen LogP contribution is 2.25. The molecule has 0 unspecified atom stereocenters. The lowest BCUT2D eigenvalue weighted by atomic mass is 10.1. The molecule has 2 N–H and O–H groups in total. The molecule has 2 aromatic heterocycles. The van der Waals surface area contributed by atoms with Crippen molar-refractivity contribution in [2.24, 2.45) is 0 Å². The Hall–Kier alpha value is -3.01. The Bertz CT molecular complexity index is 1140. The Morgan fingerprint density at radius 3 is 2.64 bits per heavy atom. The molecule has 0 atom stereocenters. The Morgan fingerprint density at radius 2 is 1.91 bits per heavy atom. The lowest BCUT2D eigenvalue weighted by Crippen LogP contribution is -2.49. The van der Waals surface area contributed by atoms with Crippen LogP contribution in [0.15, 0.2) is 41.3 Å². The first kappa shape index (κ1) is 23.2. The number of aliphatic hydroxyl groups excluding tert-OH is 1. The predicted octanol–water partition coefficient (Wildman–Crippen LogP) is 1.71. The Morgan fingerprint density at radius 1 is 1.09 bits per heavy atom. The van der Waals surface area contributed by atoms with Crippen LogP contribution in [0.1, 0.15) is 13.3 Å². The molecule has 9 heteroatoms. The molecular weight excluding hydrogens is 422 g/mol. The summed E-state index contributed by atoms with van der Waals surface area (Å²) in [7, 11) is 0. The maximum Gasteiger partial charge on any atom is 0.294 e. The van der Waals surface area contributed by atoms with Gasteiger partial charge in [-0.15, -0.1) is 0 Å². The molecule has 0 spiro atoms. The van der Waals surface area contributed by atoms with Crippen LogP contribution in [-0.2, 0) is 11.3 Å². The molecule has 3 heterocycles. The van der Waals surface area contributed by atoms with Gasteiger partial charge in [0, 0.05) is 51.4 Å². The SMILES string of the molecule is CCCOCCn1c(=O)c(N2CCN(CCO)CC2)nc2cnc(-c3cccc(O)c3)cc21. The van der Waals surface area contributed by atoms with Gasteiger partial charge in [-0.25, -0.2) is 4.98 Å². The molecule has 4 rings (SSSR count). The normalized spacial score (nSPS) is 14.8. The van der Waals surface area contributed by atoms with Crippen molar-refractivity contribution in [1.82, 2.24) is 19.4 Å². The number of hydrogen-bond donors (Lipinski definition) is 2. The van der Waals surface area contributed by atoms with Crippen molar-refractivity contribution < 1.29 is 14.9 Å². The Kier molecular flexibility index (Phi) is 7.54. The fraction of sp³-hybridized carbons (Fsp3) is 0.458. The van der Waals surface area contributed by atoms with E-state index in [9.17, 15) is 15.0 Å². The molecule has 1 aliphatic heterocycles. The van der Waals surface area contributed by atoms with E-state index in [-0.39, 0.29) is 17.9 Å². The van der Waals surface area contributed by atoms with Crippen LogP contribution >= 0.6 is 0 Å². The molecule has 0 radical (unpaired) electrons. The number of benzene rings is 1. The number of ether oxygens (including phenoxy) is 1. The first-order valence-corrected chi connectivity index (χ1v) is 11.5. The van der Waals surface area contributed by atoms with Crippen LogP contribution in [0, 0.1) is 0 Å². The van der Waals surface area contributed by atoms with Crippen molar-refractivity contribution in [2.75, 3.05) is 57.4 Å². The number of aliphatic hydroxyl groups is 1. The van der Waals surface area contributed by atoms with Crippen LogP contribution in [-0.4, -0.2) is 82.2 Å². The number of β-amino-alcohol motifs (C(OH)–C–C–N with tert-alkyl or cyclic N) is 1. The average Bonchev–Trinajstić information content (AvgIpc) is 2.83. The monoisotopic (exact) mass is 453 g/mol. The maximum absolute atomic E-state index is 13.5. The summed E-state index contributed by atoms with van der Waals surface area (Å²) in [6.45, 7) is 7.21. The van der Waals surface area contributed by atoms with E-state index < -0.39 is 0 Å². The van der Waals surface area contributed by atoms with E-state index in [1.165, 1.54) is 0 Å². The van der Waals surface area contributed by atoms with E-state index in [4.69, 9.17) is 9.72 Å². The van der Waals surface area contributed by atoms with Crippen LogP contribution in [0.4, 0.5) is 5.82 Å². The molecule has 1 fully saturated rings. The number of nitrogens with zero attached hydrogens (tertiary/aromatic N) is 5. The Labute approximate surface area is 192 Å². The highest BCUT2D eigenvalue weighted by Gasteiger charge is 2.22. The van der Waals surface area contributed by atoms with E-state index in [1.54, 1.807) is 29.0 Å². The number of hydrogen-bond acceptors (Lipinski definition) is 8. The van der Waals surface area contributed by atoms with E-state index in [1.807, 2.05) is 17.0 Å². The summed E-state index contributed by atoms with van der Waals surface area (Å²) in [6, 6.07) is 8.74. The maximum atomic E-state index is 13.5. The van der Waals surface area contributed by atoms with Gasteiger partial charge in [0.15, 0.2) is 5.82 Å². The van der Waals surface area contributed by atoms with E-state index in [2.05, 4.69) is 16.8 Å². The minimum absolute atomic E-state index is 0.131. The number of rotatable bonds is 9.